The van der Waals surface area contributed by atoms with Crippen LogP contribution in [0.1, 0.15) is 52.4 Å². The zero-order chi connectivity index (χ0) is 21.7. The van der Waals surface area contributed by atoms with Crippen LogP contribution in [0.25, 0.3) is 11.0 Å². The number of fused-ring (bicyclic) bond motifs is 1. The number of amides is 1. The van der Waals surface area contributed by atoms with Crippen molar-refractivity contribution in [2.24, 2.45) is 0 Å². The van der Waals surface area contributed by atoms with E-state index in [1.807, 2.05) is 42.7 Å². The molecule has 3 aromatic rings. The number of esters is 1. The first-order valence-corrected chi connectivity index (χ1v) is 10.2. The van der Waals surface area contributed by atoms with Crippen molar-refractivity contribution >= 4 is 28.9 Å². The summed E-state index contributed by atoms with van der Waals surface area (Å²) in [6.07, 6.45) is 1.37. The van der Waals surface area contributed by atoms with Crippen molar-refractivity contribution in [1.29, 1.82) is 0 Å². The second-order valence-corrected chi connectivity index (χ2v) is 6.90. The summed E-state index contributed by atoms with van der Waals surface area (Å²) in [4.78, 5) is 32.9. The van der Waals surface area contributed by atoms with Crippen molar-refractivity contribution in [3.63, 3.8) is 0 Å². The van der Waals surface area contributed by atoms with Crippen LogP contribution in [-0.4, -0.2) is 46.7 Å². The molecule has 0 saturated heterocycles. The fourth-order valence-electron chi connectivity index (χ4n) is 3.56. The topological polar surface area (TPSA) is 98.2 Å². The smallest absolute Gasteiger partial charge is 0.339 e. The molecule has 3 rings (SSSR count). The number of aryl methyl sites for hydroxylation is 2. The molecule has 0 unspecified atom stereocenters. The van der Waals surface area contributed by atoms with Crippen molar-refractivity contribution in [1.82, 2.24) is 14.5 Å². The summed E-state index contributed by atoms with van der Waals surface area (Å²) in [6.45, 7) is 7.58. The standard InChI is InChI=1S/C22H28N4O4/c1-5-15-18(21(28)29-4)14(3)19(23-15)20(27)25-22-24-16-10-7-8-11-17(16)26(22)12-9-13-30-6-2/h7-8,10-11,23H,5-6,9,12-13H2,1-4H3,(H,24,25,27). The molecule has 1 amide bonds. The summed E-state index contributed by atoms with van der Waals surface area (Å²) < 4.78 is 12.3. The molecule has 0 radical (unpaired) electrons. The van der Waals surface area contributed by atoms with Crippen molar-refractivity contribution in [3.8, 4) is 0 Å². The Morgan fingerprint density at radius 3 is 2.70 bits per heavy atom. The van der Waals surface area contributed by atoms with E-state index in [1.165, 1.54) is 7.11 Å². The Hall–Kier alpha value is -3.13. The summed E-state index contributed by atoms with van der Waals surface area (Å²) >= 11 is 0. The van der Waals surface area contributed by atoms with Crippen LogP contribution in [0.3, 0.4) is 0 Å². The van der Waals surface area contributed by atoms with Crippen molar-refractivity contribution in [2.75, 3.05) is 25.6 Å². The van der Waals surface area contributed by atoms with Crippen LogP contribution in [0, 0.1) is 6.92 Å². The highest BCUT2D eigenvalue weighted by Crippen LogP contribution is 2.23. The maximum Gasteiger partial charge on any atom is 0.339 e. The highest BCUT2D eigenvalue weighted by Gasteiger charge is 2.24. The van der Waals surface area contributed by atoms with Crippen LogP contribution >= 0.6 is 0 Å². The van der Waals surface area contributed by atoms with Crippen molar-refractivity contribution in [3.05, 3.63) is 46.8 Å². The fourth-order valence-corrected chi connectivity index (χ4v) is 3.56. The number of aromatic nitrogens is 3. The van der Waals surface area contributed by atoms with E-state index in [2.05, 4.69) is 15.3 Å². The van der Waals surface area contributed by atoms with Gasteiger partial charge in [0.15, 0.2) is 0 Å². The van der Waals surface area contributed by atoms with Gasteiger partial charge in [-0.1, -0.05) is 19.1 Å². The zero-order valence-electron chi connectivity index (χ0n) is 17.9. The minimum absolute atomic E-state index is 0.333. The van der Waals surface area contributed by atoms with Gasteiger partial charge >= 0.3 is 5.97 Å². The molecule has 8 heteroatoms. The molecule has 30 heavy (non-hydrogen) atoms. The average Bonchev–Trinajstić information content (AvgIpc) is 3.27. The van der Waals surface area contributed by atoms with Gasteiger partial charge in [0.05, 0.1) is 23.7 Å². The van der Waals surface area contributed by atoms with Crippen LogP contribution in [0.4, 0.5) is 5.95 Å². The Kier molecular flexibility index (Phi) is 6.89. The number of nitrogens with zero attached hydrogens (tertiary/aromatic N) is 2. The van der Waals surface area contributed by atoms with Gasteiger partial charge in [-0.15, -0.1) is 0 Å². The van der Waals surface area contributed by atoms with Gasteiger partial charge < -0.3 is 19.0 Å². The Balaban J connectivity index is 1.91. The lowest BCUT2D eigenvalue weighted by molar-refractivity contribution is 0.0599. The van der Waals surface area contributed by atoms with Gasteiger partial charge in [-0.2, -0.15) is 0 Å². The first-order chi connectivity index (χ1) is 14.5. The quantitative estimate of drug-likeness (QED) is 0.412. The van der Waals surface area contributed by atoms with Crippen LogP contribution in [0.15, 0.2) is 24.3 Å². The first kappa shape index (κ1) is 21.6. The van der Waals surface area contributed by atoms with Gasteiger partial charge in [0.2, 0.25) is 5.95 Å². The molecule has 2 heterocycles. The maximum atomic E-state index is 13.1. The number of H-pyrrole nitrogens is 1. The second kappa shape index (κ2) is 9.58. The Labute approximate surface area is 175 Å². The first-order valence-electron chi connectivity index (χ1n) is 10.2. The Morgan fingerprint density at radius 2 is 2.00 bits per heavy atom. The third-order valence-electron chi connectivity index (χ3n) is 5.05. The summed E-state index contributed by atoms with van der Waals surface area (Å²) in [7, 11) is 1.33. The number of anilines is 1. The molecule has 8 nitrogen and oxygen atoms in total. The van der Waals surface area contributed by atoms with E-state index in [1.54, 1.807) is 6.92 Å². The molecule has 2 N–H and O–H groups in total. The van der Waals surface area contributed by atoms with Gasteiger partial charge in [0, 0.05) is 25.5 Å². The number of carbonyl (C=O) groups is 2. The van der Waals surface area contributed by atoms with Gasteiger partial charge in [-0.25, -0.2) is 9.78 Å². The van der Waals surface area contributed by atoms with Gasteiger partial charge in [-0.3, -0.25) is 10.1 Å². The van der Waals surface area contributed by atoms with Gasteiger partial charge in [0.1, 0.15) is 5.69 Å². The van der Waals surface area contributed by atoms with Gasteiger partial charge in [0.25, 0.3) is 5.91 Å². The SMILES string of the molecule is CCOCCCn1c(NC(=O)c2[nH]c(CC)c(C(=O)OC)c2C)nc2ccccc21. The number of nitrogens with one attached hydrogen (secondary N) is 2. The number of aromatic amines is 1. The number of benzene rings is 1. The maximum absolute atomic E-state index is 13.1. The largest absolute Gasteiger partial charge is 0.465 e. The lowest BCUT2D eigenvalue weighted by atomic mass is 10.1. The molecule has 0 atom stereocenters. The van der Waals surface area contributed by atoms with E-state index in [-0.39, 0.29) is 5.91 Å². The van der Waals surface area contributed by atoms with Crippen LogP contribution < -0.4 is 5.32 Å². The average molecular weight is 412 g/mol. The number of hydrogen-bond donors (Lipinski definition) is 2. The lowest BCUT2D eigenvalue weighted by Crippen LogP contribution is -2.18. The molecule has 0 fully saturated rings. The van der Waals surface area contributed by atoms with Crippen molar-refractivity contribution < 1.29 is 19.1 Å². The minimum Gasteiger partial charge on any atom is -0.465 e. The Bertz CT molecular complexity index is 1050. The molecule has 2 aromatic heterocycles. The summed E-state index contributed by atoms with van der Waals surface area (Å²) in [6, 6.07) is 7.74. The molecule has 1 aromatic carbocycles. The van der Waals surface area contributed by atoms with Crippen LogP contribution in [0.2, 0.25) is 0 Å². The molecule has 0 saturated carbocycles. The van der Waals surface area contributed by atoms with Crippen LogP contribution in [0.5, 0.6) is 0 Å². The normalized spacial score (nSPS) is 11.1. The van der Waals surface area contributed by atoms with E-state index in [9.17, 15) is 9.59 Å². The van der Waals surface area contributed by atoms with E-state index >= 15 is 0 Å². The number of methoxy groups -OCH3 is 1. The summed E-state index contributed by atoms with van der Waals surface area (Å²) in [5.41, 5.74) is 3.73. The number of hydrogen-bond acceptors (Lipinski definition) is 5. The molecule has 0 spiro atoms. The third-order valence-corrected chi connectivity index (χ3v) is 5.05. The van der Waals surface area contributed by atoms with Crippen LogP contribution in [-0.2, 0) is 22.4 Å². The molecule has 0 aliphatic rings. The molecule has 160 valence electrons. The monoisotopic (exact) mass is 412 g/mol. The number of carbonyl (C=O) groups excluding carboxylic acids is 2. The van der Waals surface area contributed by atoms with E-state index in [0.717, 1.165) is 17.5 Å². The molecular weight excluding hydrogens is 384 g/mol. The predicted octanol–water partition coefficient (Wildman–Crippen LogP) is 3.70. The Morgan fingerprint density at radius 1 is 1.23 bits per heavy atom. The highest BCUT2D eigenvalue weighted by molar-refractivity contribution is 6.06. The third kappa shape index (κ3) is 4.23. The number of ether oxygens (including phenoxy) is 2. The zero-order valence-corrected chi connectivity index (χ0v) is 17.9. The number of imidazole rings is 1. The second-order valence-electron chi connectivity index (χ2n) is 6.90. The van der Waals surface area contributed by atoms with E-state index in [4.69, 9.17) is 9.47 Å². The van der Waals surface area contributed by atoms with E-state index in [0.29, 0.717) is 54.6 Å². The molecule has 0 aliphatic heterocycles. The summed E-state index contributed by atoms with van der Waals surface area (Å²) in [5.74, 6) is -0.342. The highest BCUT2D eigenvalue weighted by atomic mass is 16.5. The minimum atomic E-state index is -0.456. The number of rotatable bonds is 9. The molecule has 0 bridgehead atoms. The molecular formula is C22H28N4O4. The van der Waals surface area contributed by atoms with Crippen molar-refractivity contribution in [2.45, 2.75) is 40.2 Å². The molecule has 0 aliphatic carbocycles. The summed E-state index contributed by atoms with van der Waals surface area (Å²) in [5, 5.41) is 2.91. The van der Waals surface area contributed by atoms with Gasteiger partial charge in [-0.05, 0) is 44.4 Å². The fraction of sp³-hybridized carbons (Fsp3) is 0.409. The lowest BCUT2D eigenvalue weighted by Gasteiger charge is -2.10. The number of para-hydroxylation sites is 2. The van der Waals surface area contributed by atoms with E-state index < -0.39 is 5.97 Å². The predicted molar refractivity (Wildman–Crippen MR) is 115 cm³/mol.